The number of ether oxygens (including phenoxy) is 2. The van der Waals surface area contributed by atoms with Crippen molar-refractivity contribution in [2.75, 3.05) is 18.1 Å². The number of thiophene rings is 1. The van der Waals surface area contributed by atoms with Crippen molar-refractivity contribution < 1.29 is 28.2 Å². The van der Waals surface area contributed by atoms with Gasteiger partial charge in [0.25, 0.3) is 0 Å². The maximum absolute atomic E-state index is 15.5. The van der Waals surface area contributed by atoms with Crippen molar-refractivity contribution in [1.82, 2.24) is 0 Å². The number of halogens is 1. The Kier molecular flexibility index (Phi) is 7.84. The first-order valence-corrected chi connectivity index (χ1v) is 14.0. The molecule has 0 spiro atoms. The lowest BCUT2D eigenvalue weighted by molar-refractivity contribution is -0.152. The second-order valence-corrected chi connectivity index (χ2v) is 10.4. The van der Waals surface area contributed by atoms with Crippen LogP contribution in [0.4, 0.5) is 10.1 Å². The van der Waals surface area contributed by atoms with Crippen LogP contribution in [0.15, 0.2) is 94.8 Å². The number of hydrogen-bond donors (Lipinski definition) is 1. The third kappa shape index (κ3) is 4.70. The average molecular weight is 561 g/mol. The van der Waals surface area contributed by atoms with Gasteiger partial charge in [0.1, 0.15) is 17.6 Å². The Morgan fingerprint density at radius 1 is 1.00 bits per heavy atom. The first-order chi connectivity index (χ1) is 19.4. The molecule has 206 valence electrons. The van der Waals surface area contributed by atoms with Crippen LogP contribution in [0.5, 0.6) is 0 Å². The number of para-hydroxylation sites is 1. The number of nitrogens with zero attached hydrogens (tertiary/aromatic N) is 1. The molecule has 9 heteroatoms. The molecular weight excluding hydrogens is 531 g/mol. The van der Waals surface area contributed by atoms with E-state index in [9.17, 15) is 14.4 Å². The van der Waals surface area contributed by atoms with E-state index in [2.05, 4.69) is 0 Å². The molecule has 40 heavy (non-hydrogen) atoms. The summed E-state index contributed by atoms with van der Waals surface area (Å²) in [6.07, 6.45) is 0.238. The fourth-order valence-electron chi connectivity index (χ4n) is 5.60. The number of nitrogens with two attached hydrogens (primary N) is 1. The number of esters is 2. The molecule has 5 rings (SSSR count). The molecule has 3 atom stereocenters. The van der Waals surface area contributed by atoms with Crippen molar-refractivity contribution in [3.05, 3.63) is 111 Å². The molecule has 7 nitrogen and oxygen atoms in total. The minimum Gasteiger partial charge on any atom is -0.465 e. The Balaban J connectivity index is 1.82. The number of benzene rings is 2. The lowest BCUT2D eigenvalue weighted by Gasteiger charge is -2.43. The highest BCUT2D eigenvalue weighted by Crippen LogP contribution is 2.52. The standard InChI is InChI=1S/C31H29FN2O5S/c1-3-38-30(36)25-20(23-15-10-16-40-23)17-22-26(28(25)35)24(19-13-8-9-14-21(19)32)27(31(37)39-4-2)29(33)34(22)18-11-6-5-7-12-18/h5-16,20,24-25H,3-4,17,33H2,1-2H3/t20-,24-,25+/m0/s1. The zero-order valence-corrected chi connectivity index (χ0v) is 23.0. The van der Waals surface area contributed by atoms with Crippen LogP contribution in [0.3, 0.4) is 0 Å². The largest absolute Gasteiger partial charge is 0.465 e. The molecule has 1 aromatic heterocycles. The van der Waals surface area contributed by atoms with Gasteiger partial charge in [-0.15, -0.1) is 11.3 Å². The average Bonchev–Trinajstić information content (AvgIpc) is 3.48. The van der Waals surface area contributed by atoms with Crippen LogP contribution in [0.2, 0.25) is 0 Å². The van der Waals surface area contributed by atoms with Crippen LogP contribution < -0.4 is 10.6 Å². The van der Waals surface area contributed by atoms with Gasteiger partial charge in [-0.1, -0.05) is 42.5 Å². The molecule has 3 aromatic rings. The molecule has 0 saturated heterocycles. The molecule has 0 amide bonds. The number of carbonyl (C=O) groups excluding carboxylic acids is 3. The van der Waals surface area contributed by atoms with Crippen molar-refractivity contribution in [3.63, 3.8) is 0 Å². The predicted octanol–water partition coefficient (Wildman–Crippen LogP) is 5.41. The molecule has 0 saturated carbocycles. The normalized spacial score (nSPS) is 20.8. The molecule has 2 heterocycles. The van der Waals surface area contributed by atoms with Gasteiger partial charge in [-0.25, -0.2) is 9.18 Å². The highest BCUT2D eigenvalue weighted by molar-refractivity contribution is 7.10. The molecule has 2 N–H and O–H groups in total. The number of anilines is 1. The summed E-state index contributed by atoms with van der Waals surface area (Å²) < 4.78 is 26.2. The topological polar surface area (TPSA) is 98.9 Å². The van der Waals surface area contributed by atoms with Gasteiger partial charge in [0.15, 0.2) is 5.78 Å². The van der Waals surface area contributed by atoms with Crippen molar-refractivity contribution in [2.24, 2.45) is 11.7 Å². The van der Waals surface area contributed by atoms with Gasteiger partial charge in [-0.2, -0.15) is 0 Å². The van der Waals surface area contributed by atoms with E-state index in [0.717, 1.165) is 4.88 Å². The molecule has 2 aliphatic rings. The van der Waals surface area contributed by atoms with Crippen LogP contribution in [0.1, 0.15) is 42.5 Å². The maximum Gasteiger partial charge on any atom is 0.338 e. The van der Waals surface area contributed by atoms with Crippen LogP contribution in [-0.4, -0.2) is 30.9 Å². The Bertz CT molecular complexity index is 1500. The number of allylic oxidation sites excluding steroid dienone is 2. The van der Waals surface area contributed by atoms with Gasteiger partial charge in [-0.3, -0.25) is 14.5 Å². The quantitative estimate of drug-likeness (QED) is 0.305. The highest BCUT2D eigenvalue weighted by Gasteiger charge is 2.52. The van der Waals surface area contributed by atoms with E-state index in [4.69, 9.17) is 15.2 Å². The number of carbonyl (C=O) groups is 3. The molecule has 0 unspecified atom stereocenters. The zero-order chi connectivity index (χ0) is 28.4. The van der Waals surface area contributed by atoms with Gasteiger partial charge in [0.05, 0.1) is 24.7 Å². The molecule has 0 fully saturated rings. The van der Waals surface area contributed by atoms with E-state index >= 15 is 4.39 Å². The third-order valence-electron chi connectivity index (χ3n) is 7.21. The smallest absolute Gasteiger partial charge is 0.338 e. The van der Waals surface area contributed by atoms with Crippen LogP contribution >= 0.6 is 11.3 Å². The number of hydrogen-bond acceptors (Lipinski definition) is 8. The van der Waals surface area contributed by atoms with Crippen LogP contribution in [0.25, 0.3) is 0 Å². The molecule has 1 aliphatic heterocycles. The summed E-state index contributed by atoms with van der Waals surface area (Å²) in [6, 6.07) is 18.8. The first-order valence-electron chi connectivity index (χ1n) is 13.1. The monoisotopic (exact) mass is 560 g/mol. The van der Waals surface area contributed by atoms with Crippen molar-refractivity contribution in [1.29, 1.82) is 0 Å². The van der Waals surface area contributed by atoms with E-state index in [0.29, 0.717) is 11.4 Å². The Hall–Kier alpha value is -4.24. The van der Waals surface area contributed by atoms with E-state index in [-0.39, 0.29) is 42.2 Å². The summed E-state index contributed by atoms with van der Waals surface area (Å²) in [7, 11) is 0. The molecule has 2 aromatic carbocycles. The molecule has 0 radical (unpaired) electrons. The molecule has 0 bridgehead atoms. The SMILES string of the molecule is CCOC(=O)C1=C(N)N(c2ccccc2)C2=C(C(=O)[C@H](C(=O)OCC)[C@H](c3cccs3)C2)[C@@H]1c1ccccc1F. The summed E-state index contributed by atoms with van der Waals surface area (Å²) in [6.45, 7) is 3.48. The Labute approximate surface area is 235 Å². The van der Waals surface area contributed by atoms with Crippen molar-refractivity contribution >= 4 is 34.7 Å². The first kappa shape index (κ1) is 27.3. The van der Waals surface area contributed by atoms with E-state index in [1.165, 1.54) is 29.5 Å². The lowest BCUT2D eigenvalue weighted by atomic mass is 9.68. The van der Waals surface area contributed by atoms with E-state index in [1.807, 2.05) is 47.8 Å². The van der Waals surface area contributed by atoms with Crippen LogP contribution in [-0.2, 0) is 23.9 Å². The lowest BCUT2D eigenvalue weighted by Crippen LogP contribution is -2.46. The van der Waals surface area contributed by atoms with Gasteiger partial charge in [-0.05, 0) is 49.9 Å². The summed E-state index contributed by atoms with van der Waals surface area (Å²) in [5, 5.41) is 1.89. The minimum atomic E-state index is -1.18. The van der Waals surface area contributed by atoms with Gasteiger partial charge >= 0.3 is 11.9 Å². The summed E-state index contributed by atoms with van der Waals surface area (Å²) in [5.41, 5.74) is 8.08. The molecular formula is C31H29FN2O5S. The fraction of sp³-hybridized carbons (Fsp3) is 0.258. The second kappa shape index (κ2) is 11.5. The molecule has 1 aliphatic carbocycles. The summed E-state index contributed by atoms with van der Waals surface area (Å²) >= 11 is 1.44. The van der Waals surface area contributed by atoms with Gasteiger partial charge in [0.2, 0.25) is 0 Å². The zero-order valence-electron chi connectivity index (χ0n) is 22.1. The van der Waals surface area contributed by atoms with Crippen molar-refractivity contribution in [2.45, 2.75) is 32.1 Å². The van der Waals surface area contributed by atoms with Crippen LogP contribution in [0, 0.1) is 11.7 Å². The van der Waals surface area contributed by atoms with Crippen molar-refractivity contribution in [3.8, 4) is 0 Å². The summed E-state index contributed by atoms with van der Waals surface area (Å²) in [4.78, 5) is 43.9. The van der Waals surface area contributed by atoms with Gasteiger partial charge in [0, 0.05) is 33.3 Å². The number of ketones is 1. The predicted molar refractivity (Wildman–Crippen MR) is 150 cm³/mol. The highest BCUT2D eigenvalue weighted by atomic mass is 32.1. The fourth-order valence-corrected chi connectivity index (χ4v) is 6.47. The Morgan fingerprint density at radius 3 is 2.35 bits per heavy atom. The second-order valence-electron chi connectivity index (χ2n) is 9.43. The van der Waals surface area contributed by atoms with E-state index < -0.39 is 41.3 Å². The minimum absolute atomic E-state index is 0.0453. The maximum atomic E-state index is 15.5. The summed E-state index contributed by atoms with van der Waals surface area (Å²) in [5.74, 6) is -5.39. The van der Waals surface area contributed by atoms with Gasteiger partial charge < -0.3 is 15.2 Å². The third-order valence-corrected chi connectivity index (χ3v) is 8.22. The number of rotatable bonds is 7. The van der Waals surface area contributed by atoms with E-state index in [1.54, 1.807) is 24.8 Å². The number of Topliss-reactive ketones (excluding diaryl/α,β-unsaturated/α-hetero) is 1. The Morgan fingerprint density at radius 2 is 1.70 bits per heavy atom.